The van der Waals surface area contributed by atoms with Crippen molar-refractivity contribution in [3.8, 4) is 0 Å². The highest BCUT2D eigenvalue weighted by molar-refractivity contribution is 5.69. The summed E-state index contributed by atoms with van der Waals surface area (Å²) < 4.78 is 5.28. The average molecular weight is 255 g/mol. The third-order valence-corrected chi connectivity index (χ3v) is 3.77. The summed E-state index contributed by atoms with van der Waals surface area (Å²) in [7, 11) is 0. The van der Waals surface area contributed by atoms with Crippen LogP contribution < -0.4 is 0 Å². The van der Waals surface area contributed by atoms with Gasteiger partial charge in [0.2, 0.25) is 0 Å². The third kappa shape index (κ3) is 3.37. The number of amides is 1. The lowest BCUT2D eigenvalue weighted by molar-refractivity contribution is -0.109. The second-order valence-corrected chi connectivity index (χ2v) is 6.92. The van der Waals surface area contributed by atoms with E-state index < -0.39 is 11.2 Å². The Morgan fingerprint density at radius 3 is 2.39 bits per heavy atom. The summed E-state index contributed by atoms with van der Waals surface area (Å²) in [6, 6.07) is 0. The Labute approximate surface area is 109 Å². The second-order valence-electron chi connectivity index (χ2n) is 6.92. The van der Waals surface area contributed by atoms with Crippen molar-refractivity contribution in [2.75, 3.05) is 13.1 Å². The van der Waals surface area contributed by atoms with Crippen molar-refractivity contribution in [3.63, 3.8) is 0 Å². The first-order chi connectivity index (χ1) is 8.27. The molecule has 0 aromatic rings. The number of carbonyl (C=O) groups excluding carboxylic acids is 1. The molecule has 4 heteroatoms. The van der Waals surface area contributed by atoms with Crippen molar-refractivity contribution in [1.29, 1.82) is 0 Å². The lowest BCUT2D eigenvalue weighted by atomic mass is 9.84. The van der Waals surface area contributed by atoms with Gasteiger partial charge in [0.25, 0.3) is 0 Å². The van der Waals surface area contributed by atoms with E-state index in [4.69, 9.17) is 4.74 Å². The van der Waals surface area contributed by atoms with Gasteiger partial charge < -0.3 is 14.7 Å². The zero-order chi connectivity index (χ0) is 13.4. The van der Waals surface area contributed by atoms with Gasteiger partial charge in [0.1, 0.15) is 11.2 Å². The van der Waals surface area contributed by atoms with E-state index in [1.54, 1.807) is 4.90 Å². The molecule has 1 aliphatic heterocycles. The van der Waals surface area contributed by atoms with Crippen LogP contribution in [-0.2, 0) is 4.74 Å². The Bertz CT molecular complexity index is 309. The maximum absolute atomic E-state index is 11.8. The first kappa shape index (κ1) is 13.7. The minimum atomic E-state index is -0.661. The summed E-state index contributed by atoms with van der Waals surface area (Å²) in [5.74, 6) is 0.649. The highest BCUT2D eigenvalue weighted by atomic mass is 16.6. The number of ether oxygens (including phenoxy) is 1. The molecule has 2 aliphatic rings. The molecule has 0 radical (unpaired) electrons. The van der Waals surface area contributed by atoms with E-state index in [1.807, 2.05) is 20.8 Å². The standard InChI is InChI=1S/C14H25NO3/c1-13(2,3)18-12(16)15-9-14(17,10-15)8-11-6-4-5-7-11/h11,17H,4-10H2,1-3H3. The van der Waals surface area contributed by atoms with Crippen LogP contribution in [0.15, 0.2) is 0 Å². The van der Waals surface area contributed by atoms with Crippen molar-refractivity contribution in [2.24, 2.45) is 5.92 Å². The zero-order valence-electron chi connectivity index (χ0n) is 11.7. The quantitative estimate of drug-likeness (QED) is 0.825. The van der Waals surface area contributed by atoms with Gasteiger partial charge >= 0.3 is 6.09 Å². The average Bonchev–Trinajstić information content (AvgIpc) is 2.63. The third-order valence-electron chi connectivity index (χ3n) is 3.77. The largest absolute Gasteiger partial charge is 0.444 e. The molecule has 1 aliphatic carbocycles. The van der Waals surface area contributed by atoms with Gasteiger partial charge in [-0.05, 0) is 33.1 Å². The Morgan fingerprint density at radius 1 is 1.33 bits per heavy atom. The van der Waals surface area contributed by atoms with Crippen LogP contribution in [0.25, 0.3) is 0 Å². The molecule has 4 nitrogen and oxygen atoms in total. The normalized spacial score (nSPS) is 23.9. The van der Waals surface area contributed by atoms with Gasteiger partial charge in [-0.1, -0.05) is 25.7 Å². The van der Waals surface area contributed by atoms with Crippen molar-refractivity contribution in [1.82, 2.24) is 4.90 Å². The van der Waals surface area contributed by atoms with Gasteiger partial charge in [-0.3, -0.25) is 0 Å². The lowest BCUT2D eigenvalue weighted by Crippen LogP contribution is -2.64. The Hall–Kier alpha value is -0.770. The molecule has 104 valence electrons. The smallest absolute Gasteiger partial charge is 0.410 e. The minimum Gasteiger partial charge on any atom is -0.444 e. The predicted octanol–water partition coefficient (Wildman–Crippen LogP) is 2.55. The molecular weight excluding hydrogens is 230 g/mol. The van der Waals surface area contributed by atoms with Gasteiger partial charge in [0.15, 0.2) is 0 Å². The highest BCUT2D eigenvalue weighted by Gasteiger charge is 2.46. The number of rotatable bonds is 2. The van der Waals surface area contributed by atoms with Crippen molar-refractivity contribution >= 4 is 6.09 Å². The Morgan fingerprint density at radius 2 is 1.89 bits per heavy atom. The predicted molar refractivity (Wildman–Crippen MR) is 69.3 cm³/mol. The summed E-state index contributed by atoms with van der Waals surface area (Å²) in [4.78, 5) is 13.4. The van der Waals surface area contributed by atoms with Gasteiger partial charge in [-0.2, -0.15) is 0 Å². The fourth-order valence-corrected chi connectivity index (χ4v) is 3.00. The molecule has 1 saturated carbocycles. The van der Waals surface area contributed by atoms with Crippen molar-refractivity contribution < 1.29 is 14.6 Å². The molecule has 0 spiro atoms. The molecule has 0 atom stereocenters. The summed E-state index contributed by atoms with van der Waals surface area (Å²) in [6.45, 7) is 6.43. The van der Waals surface area contributed by atoms with Crippen LogP contribution in [0.1, 0.15) is 52.9 Å². The number of β-amino-alcohol motifs (C(OH)–C–C–N with tert-alkyl or cyclic N) is 1. The maximum Gasteiger partial charge on any atom is 0.410 e. The number of carbonyl (C=O) groups is 1. The monoisotopic (exact) mass is 255 g/mol. The first-order valence-electron chi connectivity index (χ1n) is 6.98. The Balaban J connectivity index is 1.76. The van der Waals surface area contributed by atoms with Crippen LogP contribution in [-0.4, -0.2) is 40.4 Å². The van der Waals surface area contributed by atoms with E-state index in [0.29, 0.717) is 19.0 Å². The summed E-state index contributed by atoms with van der Waals surface area (Å²) in [5, 5.41) is 10.3. The molecule has 0 aromatic carbocycles. The minimum absolute atomic E-state index is 0.307. The van der Waals surface area contributed by atoms with Crippen LogP contribution in [0, 0.1) is 5.92 Å². The molecule has 1 N–H and O–H groups in total. The highest BCUT2D eigenvalue weighted by Crippen LogP contribution is 2.36. The maximum atomic E-state index is 11.8. The van der Waals surface area contributed by atoms with Gasteiger partial charge in [0.05, 0.1) is 13.1 Å². The lowest BCUT2D eigenvalue weighted by Gasteiger charge is -2.47. The Kier molecular flexibility index (Phi) is 3.58. The summed E-state index contributed by atoms with van der Waals surface area (Å²) in [5.41, 5.74) is -1.12. The summed E-state index contributed by atoms with van der Waals surface area (Å²) in [6.07, 6.45) is 5.57. The van der Waals surface area contributed by atoms with E-state index in [9.17, 15) is 9.90 Å². The van der Waals surface area contributed by atoms with E-state index in [0.717, 1.165) is 6.42 Å². The van der Waals surface area contributed by atoms with Crippen LogP contribution >= 0.6 is 0 Å². The number of hydrogen-bond acceptors (Lipinski definition) is 3. The molecule has 2 rings (SSSR count). The first-order valence-corrected chi connectivity index (χ1v) is 6.98. The number of nitrogens with zero attached hydrogens (tertiary/aromatic N) is 1. The molecule has 0 unspecified atom stereocenters. The van der Waals surface area contributed by atoms with Gasteiger partial charge in [-0.25, -0.2) is 4.79 Å². The van der Waals surface area contributed by atoms with E-state index in [2.05, 4.69) is 0 Å². The van der Waals surface area contributed by atoms with Crippen LogP contribution in [0.4, 0.5) is 4.79 Å². The van der Waals surface area contributed by atoms with E-state index >= 15 is 0 Å². The second kappa shape index (κ2) is 4.72. The van der Waals surface area contributed by atoms with E-state index in [1.165, 1.54) is 25.7 Å². The molecule has 18 heavy (non-hydrogen) atoms. The molecule has 2 fully saturated rings. The fraction of sp³-hybridized carbons (Fsp3) is 0.929. The molecule has 1 saturated heterocycles. The van der Waals surface area contributed by atoms with Crippen molar-refractivity contribution in [3.05, 3.63) is 0 Å². The molecule has 0 aromatic heterocycles. The topological polar surface area (TPSA) is 49.8 Å². The van der Waals surface area contributed by atoms with Crippen molar-refractivity contribution in [2.45, 2.75) is 64.1 Å². The van der Waals surface area contributed by atoms with Crippen LogP contribution in [0.2, 0.25) is 0 Å². The number of aliphatic hydroxyl groups is 1. The van der Waals surface area contributed by atoms with Crippen LogP contribution in [0.3, 0.4) is 0 Å². The van der Waals surface area contributed by atoms with Crippen LogP contribution in [0.5, 0.6) is 0 Å². The number of hydrogen-bond donors (Lipinski definition) is 1. The number of likely N-dealkylation sites (tertiary alicyclic amines) is 1. The molecule has 1 amide bonds. The molecular formula is C14H25NO3. The van der Waals surface area contributed by atoms with E-state index in [-0.39, 0.29) is 6.09 Å². The fourth-order valence-electron chi connectivity index (χ4n) is 3.00. The SMILES string of the molecule is CC(C)(C)OC(=O)N1CC(O)(CC2CCCC2)C1. The van der Waals surface area contributed by atoms with Gasteiger partial charge in [0, 0.05) is 0 Å². The summed E-state index contributed by atoms with van der Waals surface area (Å²) >= 11 is 0. The van der Waals surface area contributed by atoms with Gasteiger partial charge in [-0.15, -0.1) is 0 Å². The molecule has 1 heterocycles. The molecule has 0 bridgehead atoms. The zero-order valence-corrected chi connectivity index (χ0v) is 11.7.